The quantitative estimate of drug-likeness (QED) is 0.259. The lowest BCUT2D eigenvalue weighted by Gasteiger charge is -2.12. The third-order valence-electron chi connectivity index (χ3n) is 4.81. The number of hydrogen-bond donors (Lipinski definition) is 0. The van der Waals surface area contributed by atoms with E-state index < -0.39 is 40.8 Å². The van der Waals surface area contributed by atoms with Gasteiger partial charge in [0, 0.05) is 11.1 Å². The lowest BCUT2D eigenvalue weighted by atomic mass is 10.00. The molecule has 0 aliphatic rings. The fraction of sp³-hybridized carbons (Fsp3) is 0.120. The minimum Gasteiger partial charge on any atom is -0.209 e. The topological polar surface area (TPSA) is 0 Å². The van der Waals surface area contributed by atoms with Crippen LogP contribution in [0.2, 0.25) is 0 Å². The second-order valence-corrected chi connectivity index (χ2v) is 7.08. The molecule has 0 nitrogen and oxygen atoms in total. The van der Waals surface area contributed by atoms with E-state index >= 15 is 0 Å². The molecule has 172 valence electrons. The fourth-order valence-corrected chi connectivity index (χ4v) is 3.11. The smallest absolute Gasteiger partial charge is 0.209 e. The maximum absolute atomic E-state index is 14.5. The van der Waals surface area contributed by atoms with E-state index in [1.165, 1.54) is 49.4 Å². The molecule has 33 heavy (non-hydrogen) atoms. The number of benzene rings is 3. The van der Waals surface area contributed by atoms with Crippen molar-refractivity contribution in [2.45, 2.75) is 19.5 Å². The molecule has 0 radical (unpaired) electrons. The van der Waals surface area contributed by atoms with Crippen molar-refractivity contribution >= 4 is 18.0 Å². The molecule has 0 atom stereocenters. The van der Waals surface area contributed by atoms with Gasteiger partial charge in [0.1, 0.15) is 28.8 Å². The molecule has 0 unspecified atom stereocenters. The van der Waals surface area contributed by atoms with Crippen LogP contribution >= 0.6 is 0 Å². The van der Waals surface area contributed by atoms with E-state index in [0.717, 1.165) is 6.07 Å². The van der Waals surface area contributed by atoms with Crippen LogP contribution in [0.25, 0.3) is 29.1 Å². The molecule has 3 aromatic carbocycles. The van der Waals surface area contributed by atoms with Crippen molar-refractivity contribution in [2.24, 2.45) is 0 Å². The first-order valence-electron chi connectivity index (χ1n) is 9.70. The van der Waals surface area contributed by atoms with E-state index in [2.05, 4.69) is 0 Å². The fourth-order valence-electron chi connectivity index (χ4n) is 3.11. The van der Waals surface area contributed by atoms with E-state index in [9.17, 15) is 35.1 Å². The van der Waals surface area contributed by atoms with Crippen molar-refractivity contribution in [3.63, 3.8) is 0 Å². The molecule has 3 rings (SSSR count). The van der Waals surface area contributed by atoms with Gasteiger partial charge in [0.15, 0.2) is 5.83 Å². The minimum absolute atomic E-state index is 0.0686. The maximum Gasteiger partial charge on any atom is 0.422 e. The van der Waals surface area contributed by atoms with Gasteiger partial charge in [0.05, 0.1) is 0 Å². The van der Waals surface area contributed by atoms with Crippen LogP contribution in [-0.4, -0.2) is 0 Å². The number of alkyl halides is 3. The summed E-state index contributed by atoms with van der Waals surface area (Å²) in [5, 5.41) is 0. The zero-order chi connectivity index (χ0) is 24.3. The molecule has 0 aliphatic heterocycles. The number of allylic oxidation sites excluding steroid dienone is 1. The van der Waals surface area contributed by atoms with Gasteiger partial charge in [0.25, 0.3) is 0 Å². The van der Waals surface area contributed by atoms with Gasteiger partial charge in [-0.2, -0.15) is 13.2 Å². The van der Waals surface area contributed by atoms with Gasteiger partial charge in [-0.15, -0.1) is 0 Å². The zero-order valence-electron chi connectivity index (χ0n) is 17.1. The molecule has 0 bridgehead atoms. The predicted octanol–water partition coefficient (Wildman–Crippen LogP) is 8.98. The van der Waals surface area contributed by atoms with Gasteiger partial charge < -0.3 is 0 Å². The largest absolute Gasteiger partial charge is 0.422 e. The molecular weight excluding hydrogens is 452 g/mol. The summed E-state index contributed by atoms with van der Waals surface area (Å²) in [5.74, 6) is -6.37. The SMILES string of the molecule is CC/C(F)=C(\F)c1ccc(/C=C/c2ccc(-c3cc(F)c(C(F)(F)F)c(F)c3)c(F)c2)cc1. The Labute approximate surface area is 184 Å². The van der Waals surface area contributed by atoms with Crippen LogP contribution in [0.4, 0.5) is 35.1 Å². The van der Waals surface area contributed by atoms with Crippen molar-refractivity contribution in [1.82, 2.24) is 0 Å². The van der Waals surface area contributed by atoms with Crippen molar-refractivity contribution in [3.8, 4) is 11.1 Å². The van der Waals surface area contributed by atoms with Gasteiger partial charge in [0.2, 0.25) is 0 Å². The zero-order valence-corrected chi connectivity index (χ0v) is 17.1. The highest BCUT2D eigenvalue weighted by atomic mass is 19.4. The second kappa shape index (κ2) is 9.60. The minimum atomic E-state index is -5.22. The summed E-state index contributed by atoms with van der Waals surface area (Å²) in [6.45, 7) is 1.49. The van der Waals surface area contributed by atoms with Gasteiger partial charge >= 0.3 is 6.18 Å². The van der Waals surface area contributed by atoms with Gasteiger partial charge in [-0.25, -0.2) is 22.0 Å². The van der Waals surface area contributed by atoms with Crippen LogP contribution < -0.4 is 0 Å². The average molecular weight is 468 g/mol. The summed E-state index contributed by atoms with van der Waals surface area (Å²) in [6, 6.07) is 10.4. The van der Waals surface area contributed by atoms with E-state index in [0.29, 0.717) is 23.3 Å². The molecule has 0 heterocycles. The molecule has 3 aromatic rings. The summed E-state index contributed by atoms with van der Waals surface area (Å²) in [5.41, 5.74) is -1.64. The first kappa shape index (κ1) is 24.2. The standard InChI is InChI=1S/C25H16F8/c1-2-19(26)24(30)16-8-5-14(6-9-16)3-4-15-7-10-18(20(27)11-15)17-12-21(28)23(22(29)13-17)25(31,32)33/h3-13H,2H2,1H3/b4-3+,24-19+. The van der Waals surface area contributed by atoms with Crippen molar-refractivity contribution < 1.29 is 35.1 Å². The Balaban J connectivity index is 1.84. The predicted molar refractivity (Wildman–Crippen MR) is 112 cm³/mol. The Kier molecular flexibility index (Phi) is 7.05. The molecule has 0 saturated carbocycles. The maximum atomic E-state index is 14.5. The van der Waals surface area contributed by atoms with Gasteiger partial charge in [-0.3, -0.25) is 0 Å². The van der Waals surface area contributed by atoms with E-state index in [1.807, 2.05) is 0 Å². The Morgan fingerprint density at radius 3 is 1.82 bits per heavy atom. The molecule has 0 spiro atoms. The van der Waals surface area contributed by atoms with Crippen molar-refractivity contribution in [2.75, 3.05) is 0 Å². The third-order valence-corrected chi connectivity index (χ3v) is 4.81. The number of halogens is 8. The highest BCUT2D eigenvalue weighted by Gasteiger charge is 2.38. The molecule has 0 N–H and O–H groups in total. The Bertz CT molecular complexity index is 1200. The molecule has 0 fully saturated rings. The molecule has 0 aromatic heterocycles. The van der Waals surface area contributed by atoms with Crippen LogP contribution in [0.3, 0.4) is 0 Å². The van der Waals surface area contributed by atoms with E-state index in [4.69, 9.17) is 0 Å². The van der Waals surface area contributed by atoms with E-state index in [-0.39, 0.29) is 23.1 Å². The normalized spacial score (nSPS) is 12.9. The van der Waals surface area contributed by atoms with Crippen molar-refractivity contribution in [3.05, 3.63) is 100 Å². The first-order valence-corrected chi connectivity index (χ1v) is 9.70. The average Bonchev–Trinajstić information content (AvgIpc) is 2.75. The Morgan fingerprint density at radius 1 is 0.758 bits per heavy atom. The summed E-state index contributed by atoms with van der Waals surface area (Å²) in [4.78, 5) is 0. The van der Waals surface area contributed by atoms with Crippen LogP contribution in [0.15, 0.2) is 60.4 Å². The summed E-state index contributed by atoms with van der Waals surface area (Å²) in [6.07, 6.45) is -2.20. The molecule has 0 aliphatic carbocycles. The van der Waals surface area contributed by atoms with Crippen LogP contribution in [0.5, 0.6) is 0 Å². The Hall–Kier alpha value is -3.42. The number of hydrogen-bond acceptors (Lipinski definition) is 0. The van der Waals surface area contributed by atoms with Crippen molar-refractivity contribution in [1.29, 1.82) is 0 Å². The first-order chi connectivity index (χ1) is 15.5. The van der Waals surface area contributed by atoms with Crippen LogP contribution in [-0.2, 0) is 6.18 Å². The molecule has 0 amide bonds. The van der Waals surface area contributed by atoms with Gasteiger partial charge in [-0.1, -0.05) is 55.5 Å². The summed E-state index contributed by atoms with van der Waals surface area (Å²) in [7, 11) is 0. The summed E-state index contributed by atoms with van der Waals surface area (Å²) >= 11 is 0. The van der Waals surface area contributed by atoms with Crippen LogP contribution in [0, 0.1) is 17.5 Å². The highest BCUT2D eigenvalue weighted by Crippen LogP contribution is 2.36. The number of rotatable bonds is 5. The van der Waals surface area contributed by atoms with Gasteiger partial charge in [-0.05, 0) is 41.3 Å². The van der Waals surface area contributed by atoms with E-state index in [1.54, 1.807) is 6.08 Å². The lowest BCUT2D eigenvalue weighted by Crippen LogP contribution is -2.11. The summed E-state index contributed by atoms with van der Waals surface area (Å²) < 4.78 is 107. The third kappa shape index (κ3) is 5.50. The molecule has 8 heteroatoms. The molecule has 0 saturated heterocycles. The highest BCUT2D eigenvalue weighted by molar-refractivity contribution is 5.73. The molecular formula is C25H16F8. The second-order valence-electron chi connectivity index (χ2n) is 7.08. The lowest BCUT2D eigenvalue weighted by molar-refractivity contribution is -0.142. The Morgan fingerprint density at radius 2 is 1.30 bits per heavy atom. The van der Waals surface area contributed by atoms with Crippen LogP contribution in [0.1, 0.15) is 35.6 Å². The monoisotopic (exact) mass is 468 g/mol.